The fraction of sp³-hybridized carbons (Fsp3) is 0.344. The van der Waals surface area contributed by atoms with Gasteiger partial charge in [-0.3, -0.25) is 14.7 Å². The molecule has 0 bridgehead atoms. The minimum absolute atomic E-state index is 0.184. The number of nitriles is 1. The quantitative estimate of drug-likeness (QED) is 0.0627. The molecule has 3 unspecified atom stereocenters. The summed E-state index contributed by atoms with van der Waals surface area (Å²) in [4.78, 5) is 7.54. The summed E-state index contributed by atoms with van der Waals surface area (Å²) in [5, 5.41) is 39.4. The van der Waals surface area contributed by atoms with Gasteiger partial charge in [-0.1, -0.05) is 113 Å². The Bertz CT molecular complexity index is 4710. The minimum Gasteiger partial charge on any atom is -0.508 e. The molecule has 0 spiro atoms. The van der Waals surface area contributed by atoms with Crippen molar-refractivity contribution in [3.63, 3.8) is 0 Å². The lowest BCUT2D eigenvalue weighted by Gasteiger charge is -2.31. The van der Waals surface area contributed by atoms with Crippen molar-refractivity contribution in [3.8, 4) is 57.8 Å². The molecule has 13 nitrogen and oxygen atoms in total. The zero-order valence-corrected chi connectivity index (χ0v) is 63.3. The number of phenolic OH excluding ortho intramolecular Hbond substituents is 3. The van der Waals surface area contributed by atoms with Crippen LogP contribution < -0.4 is 28.4 Å². The Hall–Kier alpha value is -10.4. The van der Waals surface area contributed by atoms with Gasteiger partial charge in [0, 0.05) is 71.7 Å². The van der Waals surface area contributed by atoms with Gasteiger partial charge in [0.15, 0.2) is 0 Å². The molecule has 8 atom stereocenters. The molecular weight excluding hydrogens is 1360 g/mol. The number of hydrogen-bond acceptors (Lipinski definition) is 13. The Kier molecular flexibility index (Phi) is 24.4. The Morgan fingerprint density at radius 2 is 0.769 bits per heavy atom. The number of ether oxygens (including phenoxy) is 6. The second kappa shape index (κ2) is 34.7. The molecule has 6 aliphatic heterocycles. The van der Waals surface area contributed by atoms with Gasteiger partial charge in [0.1, 0.15) is 102 Å². The first kappa shape index (κ1) is 75.8. The minimum atomic E-state index is -0.365. The van der Waals surface area contributed by atoms with E-state index in [9.17, 15) is 29.4 Å². The van der Waals surface area contributed by atoms with Crippen LogP contribution in [0.25, 0.3) is 33.4 Å². The monoisotopic (exact) mass is 1450 g/mol. The molecular formula is C93H100F2N4O9. The van der Waals surface area contributed by atoms with Crippen LogP contribution in [0.15, 0.2) is 200 Å². The predicted molar refractivity (Wildman–Crippen MR) is 425 cm³/mol. The van der Waals surface area contributed by atoms with E-state index in [0.717, 1.165) is 157 Å². The summed E-state index contributed by atoms with van der Waals surface area (Å²) in [6.45, 7) is 27.3. The van der Waals surface area contributed by atoms with Crippen molar-refractivity contribution in [1.82, 2.24) is 14.7 Å². The van der Waals surface area contributed by atoms with Crippen LogP contribution in [-0.2, 0) is 0 Å². The fourth-order valence-electron chi connectivity index (χ4n) is 15.9. The molecule has 0 saturated carbocycles. The van der Waals surface area contributed by atoms with Gasteiger partial charge in [0.05, 0.1) is 11.6 Å². The third-order valence-electron chi connectivity index (χ3n) is 22.7. The van der Waals surface area contributed by atoms with Crippen molar-refractivity contribution in [3.05, 3.63) is 267 Å². The summed E-state index contributed by atoms with van der Waals surface area (Å²) in [7, 11) is 0. The molecule has 0 amide bonds. The van der Waals surface area contributed by atoms with Crippen LogP contribution in [0.1, 0.15) is 168 Å². The topological polar surface area (TPSA) is 150 Å². The normalized spacial score (nSPS) is 20.3. The number of rotatable bonds is 21. The molecule has 0 aromatic heterocycles. The number of halogens is 2. The zero-order chi connectivity index (χ0) is 75.5. The lowest BCUT2D eigenvalue weighted by molar-refractivity contribution is 0.168. The van der Waals surface area contributed by atoms with Crippen LogP contribution in [0.2, 0.25) is 0 Å². The van der Waals surface area contributed by atoms with Gasteiger partial charge in [-0.05, 0) is 269 Å². The number of hydrogen-bond donors (Lipinski definition) is 3. The highest BCUT2D eigenvalue weighted by Gasteiger charge is 2.35. The van der Waals surface area contributed by atoms with Gasteiger partial charge < -0.3 is 43.7 Å². The van der Waals surface area contributed by atoms with Crippen LogP contribution in [0.3, 0.4) is 0 Å². The molecule has 560 valence electrons. The van der Waals surface area contributed by atoms with E-state index in [0.29, 0.717) is 49.0 Å². The van der Waals surface area contributed by atoms with Gasteiger partial charge >= 0.3 is 0 Å². The molecule has 108 heavy (non-hydrogen) atoms. The molecule has 15 rings (SSSR count). The summed E-state index contributed by atoms with van der Waals surface area (Å²) >= 11 is 0. The molecule has 6 aliphatic rings. The van der Waals surface area contributed by atoms with E-state index >= 15 is 0 Å². The van der Waals surface area contributed by atoms with E-state index in [1.165, 1.54) is 75.9 Å². The summed E-state index contributed by atoms with van der Waals surface area (Å²) in [5.74, 6) is 7.15. The highest BCUT2D eigenvalue weighted by molar-refractivity contribution is 5.98. The number of likely N-dealkylation sites (tertiary alicyclic amines) is 3. The first-order chi connectivity index (χ1) is 52.4. The molecule has 15 heteroatoms. The van der Waals surface area contributed by atoms with Crippen molar-refractivity contribution in [2.24, 2.45) is 17.8 Å². The number of benzene rings is 9. The van der Waals surface area contributed by atoms with Gasteiger partial charge in [0.25, 0.3) is 0 Å². The number of allylic oxidation sites excluding steroid dienone is 3. The molecule has 0 aliphatic carbocycles. The molecule has 3 saturated heterocycles. The Labute approximate surface area is 635 Å². The second-order valence-corrected chi connectivity index (χ2v) is 29.7. The van der Waals surface area contributed by atoms with Crippen molar-refractivity contribution in [1.29, 1.82) is 5.26 Å². The fourth-order valence-corrected chi connectivity index (χ4v) is 15.9. The average molecular weight is 1460 g/mol. The van der Waals surface area contributed by atoms with E-state index in [2.05, 4.69) is 74.4 Å². The highest BCUT2D eigenvalue weighted by Crippen LogP contribution is 2.51. The Balaban J connectivity index is 0.000000143. The third-order valence-corrected chi connectivity index (χ3v) is 22.7. The Morgan fingerprint density at radius 1 is 0.435 bits per heavy atom. The molecule has 3 N–H and O–H groups in total. The molecule has 9 aromatic rings. The summed E-state index contributed by atoms with van der Waals surface area (Å²) in [6, 6.07) is 63.2. The predicted octanol–water partition coefficient (Wildman–Crippen LogP) is 20.6. The SMILES string of the molecule is CC[C@@H]1CCN(CCOc2ccc(C3Oc4ccc(O)cc4C(C)=C3c3ccc(F)cc3)cc2)C1.CC[C@@H]1CCN([C@@H](C)COc2ccc(C3Oc4ccc(O)cc4C(C)=C3c3ccc(C#N)cc3)cc2)C1.CC[C@@H]1CCN([C@@H](C)COc2ccc(C3Oc4ccc(O)cc4C(C)=C3c3ccc(F)cc3)cc2)C1. The maximum Gasteiger partial charge on any atom is 0.150 e. The van der Waals surface area contributed by atoms with E-state index in [1.807, 2.05) is 105 Å². The lowest BCUT2D eigenvalue weighted by Crippen LogP contribution is -2.35. The van der Waals surface area contributed by atoms with Gasteiger partial charge in [-0.25, -0.2) is 8.78 Å². The number of fused-ring (bicyclic) bond motifs is 3. The number of aromatic hydroxyl groups is 3. The maximum absolute atomic E-state index is 13.7. The maximum atomic E-state index is 13.7. The summed E-state index contributed by atoms with van der Waals surface area (Å²) < 4.78 is 65.1. The van der Waals surface area contributed by atoms with Crippen LogP contribution in [0, 0.1) is 40.7 Å². The zero-order valence-electron chi connectivity index (χ0n) is 63.3. The molecule has 3 fully saturated rings. The first-order valence-corrected chi connectivity index (χ1v) is 38.4. The van der Waals surface area contributed by atoms with Crippen molar-refractivity contribution < 1.29 is 52.5 Å². The summed E-state index contributed by atoms with van der Waals surface area (Å²) in [6.07, 6.45) is 6.55. The lowest BCUT2D eigenvalue weighted by atomic mass is 9.86. The van der Waals surface area contributed by atoms with E-state index in [-0.39, 0.29) is 47.2 Å². The first-order valence-electron chi connectivity index (χ1n) is 38.4. The average Bonchev–Trinajstić information content (AvgIpc) is 0.873. The largest absolute Gasteiger partial charge is 0.508 e. The van der Waals surface area contributed by atoms with Crippen molar-refractivity contribution in [2.45, 2.75) is 124 Å². The van der Waals surface area contributed by atoms with Gasteiger partial charge in [-0.2, -0.15) is 5.26 Å². The number of phenols is 3. The van der Waals surface area contributed by atoms with E-state index < -0.39 is 0 Å². The number of nitrogens with zero attached hydrogens (tertiary/aromatic N) is 4. The standard InChI is InChI=1S/C32H34N2O3.C31H34FNO3.C30H32FNO3/c1-4-23-15-16-34(19-23)21(2)20-36-28-12-9-26(10-13-28)32-31(25-7-5-24(18-33)6-8-25)22(3)29-17-27(35)11-14-30(29)37-32;1-4-22-15-16-33(18-22)20(2)19-35-27-12-7-24(8-13-27)31-30(23-5-9-25(32)10-6-23)21(3)28-17-26(34)11-14-29(28)36-31;1-3-21-14-15-32(19-21)16-17-34-26-11-6-23(7-12-26)30-29(22-4-8-24(31)9-5-22)20(2)27-18-25(33)10-13-28(27)35-30/h5-14,17,21,23,32,35H,4,15-16,19-20H2,1-3H3;5-14,17,20,22,31,34H,4,15-16,18-19H2,1-3H3;4-13,18,21,30,33H,3,14-17,19H2,1-2H3/t21-,23+,32?;20-,22+,31?;21-,30?/m001/s1. The summed E-state index contributed by atoms with van der Waals surface area (Å²) in [5.41, 5.74) is 14.9. The van der Waals surface area contributed by atoms with Crippen LogP contribution in [0.5, 0.6) is 51.7 Å². The van der Waals surface area contributed by atoms with Crippen molar-refractivity contribution >= 4 is 33.4 Å². The molecule has 0 radical (unpaired) electrons. The smallest absolute Gasteiger partial charge is 0.150 e. The third kappa shape index (κ3) is 17.8. The molecule has 9 aromatic carbocycles. The second-order valence-electron chi connectivity index (χ2n) is 29.7. The van der Waals surface area contributed by atoms with E-state index in [4.69, 9.17) is 28.4 Å². The van der Waals surface area contributed by atoms with Gasteiger partial charge in [0.2, 0.25) is 0 Å². The highest BCUT2D eigenvalue weighted by atomic mass is 19.1. The molecule has 6 heterocycles. The Morgan fingerprint density at radius 3 is 1.10 bits per heavy atom. The van der Waals surface area contributed by atoms with Crippen molar-refractivity contribution in [2.75, 3.05) is 65.6 Å². The van der Waals surface area contributed by atoms with Crippen LogP contribution >= 0.6 is 0 Å². The van der Waals surface area contributed by atoms with Crippen LogP contribution in [-0.4, -0.2) is 108 Å². The van der Waals surface area contributed by atoms with Crippen LogP contribution in [0.4, 0.5) is 8.78 Å². The van der Waals surface area contributed by atoms with E-state index in [1.54, 1.807) is 72.8 Å². The van der Waals surface area contributed by atoms with Gasteiger partial charge in [-0.15, -0.1) is 0 Å².